The first-order valence-corrected chi connectivity index (χ1v) is 8.72. The maximum Gasteiger partial charge on any atom is 0.236 e. The molecule has 1 aromatic carbocycles. The summed E-state index contributed by atoms with van der Waals surface area (Å²) in [5.74, 6) is -0.345. The minimum Gasteiger partial charge on any atom is -0.344 e. The van der Waals surface area contributed by atoms with E-state index in [1.807, 2.05) is 20.8 Å². The van der Waals surface area contributed by atoms with E-state index in [9.17, 15) is 14.0 Å². The number of hydrogen-bond donors (Lipinski definition) is 0. The number of carbonyl (C=O) groups is 2. The third kappa shape index (κ3) is 3.86. The molecule has 1 saturated heterocycles. The molecule has 0 aliphatic carbocycles. The average Bonchev–Trinajstić information content (AvgIpc) is 2.79. The van der Waals surface area contributed by atoms with Crippen LogP contribution < -0.4 is 0 Å². The van der Waals surface area contributed by atoms with Crippen molar-refractivity contribution in [3.05, 3.63) is 35.6 Å². The lowest BCUT2D eigenvalue weighted by atomic mass is 10.2. The highest BCUT2D eigenvalue weighted by molar-refractivity contribution is 8.01. The van der Waals surface area contributed by atoms with Crippen molar-refractivity contribution in [2.45, 2.75) is 31.4 Å². The summed E-state index contributed by atoms with van der Waals surface area (Å²) < 4.78 is 14.1. The third-order valence-electron chi connectivity index (χ3n) is 3.96. The molecule has 2 rings (SSSR count). The molecular formula is C17H23FN2O2S. The van der Waals surface area contributed by atoms with Crippen LogP contribution in [-0.2, 0) is 9.59 Å². The Bertz CT molecular complexity index is 594. The zero-order valence-corrected chi connectivity index (χ0v) is 14.8. The fourth-order valence-corrected chi connectivity index (χ4v) is 3.96. The van der Waals surface area contributed by atoms with Gasteiger partial charge in [0.05, 0.1) is 5.25 Å². The second-order valence-electron chi connectivity index (χ2n) is 6.10. The molecule has 0 N–H and O–H groups in total. The lowest BCUT2D eigenvalue weighted by molar-refractivity contribution is -0.135. The van der Waals surface area contributed by atoms with Gasteiger partial charge in [0.2, 0.25) is 11.8 Å². The molecule has 1 fully saturated rings. The number of thioether (sulfide) groups is 1. The average molecular weight is 338 g/mol. The van der Waals surface area contributed by atoms with Crippen molar-refractivity contribution < 1.29 is 14.0 Å². The number of nitrogens with zero attached hydrogens (tertiary/aromatic N) is 2. The zero-order chi connectivity index (χ0) is 17.1. The van der Waals surface area contributed by atoms with Crippen molar-refractivity contribution >= 4 is 23.6 Å². The molecule has 0 bridgehead atoms. The maximum absolute atomic E-state index is 14.1. The van der Waals surface area contributed by atoms with E-state index in [1.54, 1.807) is 35.0 Å². The monoisotopic (exact) mass is 338 g/mol. The number of carbonyl (C=O) groups excluding carboxylic acids is 2. The predicted molar refractivity (Wildman–Crippen MR) is 90.4 cm³/mol. The second kappa shape index (κ2) is 7.34. The summed E-state index contributed by atoms with van der Waals surface area (Å²) in [5.41, 5.74) is 0.521. The van der Waals surface area contributed by atoms with Crippen LogP contribution in [0.25, 0.3) is 0 Å². The number of halogens is 1. The Labute approximate surface area is 141 Å². The van der Waals surface area contributed by atoms with Gasteiger partial charge in [-0.3, -0.25) is 9.59 Å². The summed E-state index contributed by atoms with van der Waals surface area (Å²) in [6.07, 6.45) is 0. The van der Waals surface area contributed by atoms with E-state index in [0.29, 0.717) is 18.7 Å². The molecule has 0 saturated carbocycles. The molecule has 1 heterocycles. The van der Waals surface area contributed by atoms with Crippen LogP contribution in [0.3, 0.4) is 0 Å². The van der Waals surface area contributed by atoms with Gasteiger partial charge in [0.1, 0.15) is 11.2 Å². The molecule has 4 nitrogen and oxygen atoms in total. The van der Waals surface area contributed by atoms with E-state index in [-0.39, 0.29) is 34.2 Å². The second-order valence-corrected chi connectivity index (χ2v) is 7.52. The smallest absolute Gasteiger partial charge is 0.236 e. The Balaban J connectivity index is 2.13. The van der Waals surface area contributed by atoms with Gasteiger partial charge in [0.25, 0.3) is 0 Å². The molecule has 0 radical (unpaired) electrons. The number of amides is 2. The van der Waals surface area contributed by atoms with Gasteiger partial charge >= 0.3 is 0 Å². The van der Waals surface area contributed by atoms with Crippen molar-refractivity contribution in [2.75, 3.05) is 20.1 Å². The summed E-state index contributed by atoms with van der Waals surface area (Å²) in [5, 5.41) is -0.535. The van der Waals surface area contributed by atoms with Crippen LogP contribution in [0.4, 0.5) is 4.39 Å². The van der Waals surface area contributed by atoms with Crippen molar-refractivity contribution in [3.63, 3.8) is 0 Å². The molecule has 1 aromatic rings. The standard InChI is InChI=1S/C17H23FN2O2S/c1-11(2)15(21)19(4)9-10-20-16(22)12(3)23-17(20)13-7-5-6-8-14(13)18/h5-8,11-12,17H,9-10H2,1-4H3. The topological polar surface area (TPSA) is 40.6 Å². The first kappa shape index (κ1) is 17.8. The minimum absolute atomic E-state index is 0.00588. The van der Waals surface area contributed by atoms with Gasteiger partial charge in [0, 0.05) is 31.6 Å². The highest BCUT2D eigenvalue weighted by Crippen LogP contribution is 2.43. The van der Waals surface area contributed by atoms with Gasteiger partial charge in [-0.15, -0.1) is 11.8 Å². The summed E-state index contributed by atoms with van der Waals surface area (Å²) in [7, 11) is 1.73. The number of likely N-dealkylation sites (N-methyl/N-ethyl adjacent to an activating group) is 1. The largest absolute Gasteiger partial charge is 0.344 e. The molecule has 2 amide bonds. The van der Waals surface area contributed by atoms with Gasteiger partial charge < -0.3 is 9.80 Å². The minimum atomic E-state index is -0.332. The third-order valence-corrected chi connectivity index (χ3v) is 5.34. The fraction of sp³-hybridized carbons (Fsp3) is 0.529. The predicted octanol–water partition coefficient (Wildman–Crippen LogP) is 2.90. The molecule has 1 aliphatic rings. The van der Waals surface area contributed by atoms with Crippen LogP contribution in [0.15, 0.2) is 24.3 Å². The summed E-state index contributed by atoms with van der Waals surface area (Å²) >= 11 is 1.45. The number of benzene rings is 1. The molecule has 1 aliphatic heterocycles. The highest BCUT2D eigenvalue weighted by atomic mass is 32.2. The molecule has 2 unspecified atom stereocenters. The summed E-state index contributed by atoms with van der Waals surface area (Å²) in [6.45, 7) is 6.38. The van der Waals surface area contributed by atoms with E-state index in [4.69, 9.17) is 0 Å². The van der Waals surface area contributed by atoms with E-state index >= 15 is 0 Å². The molecule has 0 aromatic heterocycles. The molecule has 126 valence electrons. The number of rotatable bonds is 5. The van der Waals surface area contributed by atoms with Gasteiger partial charge in [-0.05, 0) is 13.0 Å². The van der Waals surface area contributed by atoms with Crippen molar-refractivity contribution in [1.29, 1.82) is 0 Å². The van der Waals surface area contributed by atoms with Gasteiger partial charge in [-0.25, -0.2) is 4.39 Å². The van der Waals surface area contributed by atoms with Crippen molar-refractivity contribution in [2.24, 2.45) is 5.92 Å². The summed E-state index contributed by atoms with van der Waals surface area (Å²) in [6, 6.07) is 6.55. The lowest BCUT2D eigenvalue weighted by Crippen LogP contribution is -2.40. The quantitative estimate of drug-likeness (QED) is 0.829. The zero-order valence-electron chi connectivity index (χ0n) is 14.0. The first-order chi connectivity index (χ1) is 10.8. The molecule has 6 heteroatoms. The van der Waals surface area contributed by atoms with E-state index < -0.39 is 0 Å². The SMILES string of the molecule is CC(C)C(=O)N(C)CCN1C(=O)C(C)SC1c1ccccc1F. The van der Waals surface area contributed by atoms with Crippen molar-refractivity contribution in [1.82, 2.24) is 9.80 Å². The Kier molecular flexibility index (Phi) is 5.68. The Morgan fingerprint density at radius 1 is 1.39 bits per heavy atom. The Morgan fingerprint density at radius 2 is 2.04 bits per heavy atom. The van der Waals surface area contributed by atoms with Crippen LogP contribution in [0.5, 0.6) is 0 Å². The van der Waals surface area contributed by atoms with E-state index in [0.717, 1.165) is 0 Å². The van der Waals surface area contributed by atoms with Crippen LogP contribution >= 0.6 is 11.8 Å². The Morgan fingerprint density at radius 3 is 2.65 bits per heavy atom. The van der Waals surface area contributed by atoms with Gasteiger partial charge in [-0.1, -0.05) is 32.0 Å². The normalized spacial score (nSPS) is 21.1. The van der Waals surface area contributed by atoms with Crippen molar-refractivity contribution in [3.8, 4) is 0 Å². The van der Waals surface area contributed by atoms with Crippen LogP contribution in [-0.4, -0.2) is 47.0 Å². The van der Waals surface area contributed by atoms with E-state index in [2.05, 4.69) is 0 Å². The molecule has 23 heavy (non-hydrogen) atoms. The molecule has 2 atom stereocenters. The van der Waals surface area contributed by atoms with Crippen LogP contribution in [0.1, 0.15) is 31.7 Å². The number of hydrogen-bond acceptors (Lipinski definition) is 3. The van der Waals surface area contributed by atoms with Gasteiger partial charge in [-0.2, -0.15) is 0 Å². The molecular weight excluding hydrogens is 315 g/mol. The Hall–Kier alpha value is -1.56. The van der Waals surface area contributed by atoms with E-state index in [1.165, 1.54) is 17.8 Å². The fourth-order valence-electron chi connectivity index (χ4n) is 2.63. The maximum atomic E-state index is 14.1. The summed E-state index contributed by atoms with van der Waals surface area (Å²) in [4.78, 5) is 27.7. The lowest BCUT2D eigenvalue weighted by Gasteiger charge is -2.27. The molecule has 0 spiro atoms. The first-order valence-electron chi connectivity index (χ1n) is 7.78. The van der Waals surface area contributed by atoms with Crippen LogP contribution in [0.2, 0.25) is 0 Å². The van der Waals surface area contributed by atoms with Gasteiger partial charge in [0.15, 0.2) is 0 Å². The highest BCUT2D eigenvalue weighted by Gasteiger charge is 2.39. The van der Waals surface area contributed by atoms with Crippen LogP contribution in [0, 0.1) is 11.7 Å².